The Morgan fingerprint density at radius 3 is 2.25 bits per heavy atom. The topological polar surface area (TPSA) is 216 Å². The molecule has 5 aromatic rings. The lowest BCUT2D eigenvalue weighted by molar-refractivity contribution is -0.148. The molecule has 0 aliphatic carbocycles. The van der Waals surface area contributed by atoms with Crippen LogP contribution in [0.15, 0.2) is 89.3 Å². The van der Waals surface area contributed by atoms with Gasteiger partial charge in [0.05, 0.1) is 17.8 Å². The van der Waals surface area contributed by atoms with Crippen LogP contribution in [0.2, 0.25) is 5.02 Å². The highest BCUT2D eigenvalue weighted by atomic mass is 35.5. The normalized spacial score (nSPS) is 10.9. The number of thioether (sulfide) groups is 1. The molecule has 0 radical (unpaired) electrons. The lowest BCUT2D eigenvalue weighted by Crippen LogP contribution is -2.46. The molecule has 1 atom stereocenters. The van der Waals surface area contributed by atoms with E-state index < -0.39 is 17.9 Å². The van der Waals surface area contributed by atoms with Crippen LogP contribution in [0.4, 0.5) is 5.82 Å². The fourth-order valence-corrected chi connectivity index (χ4v) is 7.00. The largest absolute Gasteiger partial charge is 0.490 e. The summed E-state index contributed by atoms with van der Waals surface area (Å²) in [5, 5.41) is 26.5. The number of thiazole rings is 1. The number of benzene rings is 3. The second kappa shape index (κ2) is 22.0. The first-order chi connectivity index (χ1) is 26.7. The minimum Gasteiger partial charge on any atom is -0.490 e. The van der Waals surface area contributed by atoms with Gasteiger partial charge in [-0.15, -0.1) is 11.3 Å². The number of esters is 1. The van der Waals surface area contributed by atoms with E-state index in [1.54, 1.807) is 24.3 Å². The van der Waals surface area contributed by atoms with Gasteiger partial charge in [0.15, 0.2) is 0 Å². The summed E-state index contributed by atoms with van der Waals surface area (Å²) in [5.74, 6) is -0.165. The predicted molar refractivity (Wildman–Crippen MR) is 217 cm³/mol. The summed E-state index contributed by atoms with van der Waals surface area (Å²) in [7, 11) is 0. The Kier molecular flexibility index (Phi) is 16.9. The third kappa shape index (κ3) is 12.5. The number of halogens is 1. The van der Waals surface area contributed by atoms with Crippen molar-refractivity contribution >= 4 is 52.4 Å². The number of nitrogens with zero attached hydrogens (tertiary/aromatic N) is 4. The molecule has 7 N–H and O–H groups in total. The van der Waals surface area contributed by atoms with Gasteiger partial charge in [-0.25, -0.2) is 14.8 Å². The van der Waals surface area contributed by atoms with Crippen molar-refractivity contribution in [3.8, 4) is 39.6 Å². The zero-order valence-electron chi connectivity index (χ0n) is 30.2. The monoisotopic (exact) mass is 796 g/mol. The van der Waals surface area contributed by atoms with Crippen LogP contribution in [0, 0.1) is 22.7 Å². The number of nitrogens with two attached hydrogens (primary N) is 3. The van der Waals surface area contributed by atoms with Crippen LogP contribution < -0.4 is 27.3 Å². The number of anilines is 1. The molecule has 12 nitrogen and oxygen atoms in total. The Morgan fingerprint density at radius 2 is 1.64 bits per heavy atom. The summed E-state index contributed by atoms with van der Waals surface area (Å²) in [6, 6.07) is 26.8. The summed E-state index contributed by atoms with van der Waals surface area (Å²) in [5.41, 5.74) is 20.6. The molecule has 2 aromatic heterocycles. The molecule has 0 spiro atoms. The number of carbonyl (C=O) groups excluding carboxylic acids is 2. The Labute approximate surface area is 333 Å². The Hall–Kier alpha value is -5.48. The van der Waals surface area contributed by atoms with Crippen LogP contribution >= 0.6 is 34.7 Å². The van der Waals surface area contributed by atoms with Gasteiger partial charge < -0.3 is 32.0 Å². The molecule has 15 heteroatoms. The van der Waals surface area contributed by atoms with Gasteiger partial charge >= 0.3 is 5.97 Å². The van der Waals surface area contributed by atoms with Gasteiger partial charge in [0.2, 0.25) is 5.91 Å². The highest BCUT2D eigenvalue weighted by Crippen LogP contribution is 2.37. The number of nitriles is 2. The molecule has 0 bridgehead atoms. The van der Waals surface area contributed by atoms with Gasteiger partial charge in [-0.2, -0.15) is 10.5 Å². The van der Waals surface area contributed by atoms with E-state index in [9.17, 15) is 20.1 Å². The molecule has 2 heterocycles. The summed E-state index contributed by atoms with van der Waals surface area (Å²) < 4.78 is 11.2. The molecule has 1 amide bonds. The molecule has 0 saturated heterocycles. The van der Waals surface area contributed by atoms with Gasteiger partial charge in [0.1, 0.15) is 58.6 Å². The lowest BCUT2D eigenvalue weighted by Gasteiger charge is -2.18. The molecule has 3 aromatic carbocycles. The number of carbonyl (C=O) groups is 2. The zero-order chi connectivity index (χ0) is 39.6. The Balaban J connectivity index is 0.00000126. The molecule has 5 rings (SSSR count). The first-order valence-electron chi connectivity index (χ1n) is 17.3. The van der Waals surface area contributed by atoms with E-state index in [1.807, 2.05) is 60.0 Å². The van der Waals surface area contributed by atoms with Crippen LogP contribution in [-0.2, 0) is 26.5 Å². The molecule has 284 valence electrons. The van der Waals surface area contributed by atoms with Crippen molar-refractivity contribution in [2.24, 2.45) is 11.5 Å². The van der Waals surface area contributed by atoms with E-state index in [1.165, 1.54) is 35.9 Å². The van der Waals surface area contributed by atoms with E-state index in [4.69, 9.17) is 43.3 Å². The summed E-state index contributed by atoms with van der Waals surface area (Å²) >= 11 is 8.82. The summed E-state index contributed by atoms with van der Waals surface area (Å²) in [6.07, 6.45) is 2.63. The number of aromatic nitrogens is 2. The lowest BCUT2D eigenvalue weighted by atomic mass is 9.97. The summed E-state index contributed by atoms with van der Waals surface area (Å²) in [6.45, 7) is 2.70. The van der Waals surface area contributed by atoms with Crippen molar-refractivity contribution in [2.45, 2.75) is 43.0 Å². The minimum absolute atomic E-state index is 0.0134. The second-order valence-electron chi connectivity index (χ2n) is 11.8. The quantitative estimate of drug-likeness (QED) is 0.0478. The molecular weight excluding hydrogens is 756 g/mol. The zero-order valence-corrected chi connectivity index (χ0v) is 32.6. The number of pyridine rings is 1. The molecule has 0 aliphatic heterocycles. The smallest absolute Gasteiger partial charge is 0.329 e. The number of hydrogen-bond acceptors (Lipinski definition) is 13. The maximum Gasteiger partial charge on any atom is 0.329 e. The maximum absolute atomic E-state index is 12.8. The van der Waals surface area contributed by atoms with Crippen molar-refractivity contribution in [2.75, 3.05) is 32.0 Å². The van der Waals surface area contributed by atoms with Crippen molar-refractivity contribution in [1.29, 1.82) is 10.5 Å². The molecular formula is C40H41ClN8O4S2. The third-order valence-corrected chi connectivity index (χ3v) is 10.0. The molecule has 0 aliphatic rings. The number of hydrogen-bond donors (Lipinski definition) is 4. The summed E-state index contributed by atoms with van der Waals surface area (Å²) in [4.78, 5) is 33.8. The molecule has 0 fully saturated rings. The fraction of sp³-hybridized carbons (Fsp3) is 0.250. The van der Waals surface area contributed by atoms with E-state index in [0.717, 1.165) is 28.4 Å². The van der Waals surface area contributed by atoms with E-state index in [0.29, 0.717) is 32.7 Å². The first-order valence-corrected chi connectivity index (χ1v) is 19.6. The number of amides is 1. The number of rotatable bonds is 16. The first kappa shape index (κ1) is 42.3. The van der Waals surface area contributed by atoms with Crippen LogP contribution in [-0.4, -0.2) is 54.2 Å². The number of nitrogens with one attached hydrogen (secondary N) is 1. The SMILES string of the molecule is CCCCN.N#Cc1c(N)nc(SCc2csc(-c3ccc(Cl)cc3)n2)c(C#N)c1-c1ccc(OCCOC(=O)[C@H](Cc2ccccc2)NC(=O)CN)cc1. The minimum atomic E-state index is -0.902. The second-order valence-corrected chi connectivity index (χ2v) is 14.0. The van der Waals surface area contributed by atoms with E-state index in [2.05, 4.69) is 29.4 Å². The van der Waals surface area contributed by atoms with Crippen LogP contribution in [0.5, 0.6) is 5.75 Å². The Bertz CT molecular complexity index is 2100. The van der Waals surface area contributed by atoms with Gasteiger partial charge in [-0.3, -0.25) is 4.79 Å². The van der Waals surface area contributed by atoms with Gasteiger partial charge in [0.25, 0.3) is 0 Å². The van der Waals surface area contributed by atoms with E-state index >= 15 is 0 Å². The van der Waals surface area contributed by atoms with Crippen molar-refractivity contribution < 1.29 is 19.1 Å². The maximum atomic E-state index is 12.8. The van der Waals surface area contributed by atoms with Crippen molar-refractivity contribution in [1.82, 2.24) is 15.3 Å². The fourth-order valence-electron chi connectivity index (χ4n) is 5.05. The number of ether oxygens (including phenoxy) is 2. The van der Waals surface area contributed by atoms with Crippen LogP contribution in [0.1, 0.15) is 42.1 Å². The van der Waals surface area contributed by atoms with Gasteiger partial charge in [-0.1, -0.05) is 91.3 Å². The average molecular weight is 797 g/mol. The highest BCUT2D eigenvalue weighted by molar-refractivity contribution is 7.98. The molecule has 0 saturated carbocycles. The number of nitrogen functional groups attached to an aromatic ring is 1. The van der Waals surface area contributed by atoms with Crippen LogP contribution in [0.3, 0.4) is 0 Å². The molecule has 55 heavy (non-hydrogen) atoms. The number of unbranched alkanes of at least 4 members (excludes halogenated alkanes) is 1. The van der Waals surface area contributed by atoms with Gasteiger partial charge in [-0.05, 0) is 48.4 Å². The van der Waals surface area contributed by atoms with Gasteiger partial charge in [0, 0.05) is 33.7 Å². The predicted octanol–water partition coefficient (Wildman–Crippen LogP) is 6.50. The van der Waals surface area contributed by atoms with Crippen LogP contribution in [0.25, 0.3) is 21.7 Å². The molecule has 0 unspecified atom stereocenters. The highest BCUT2D eigenvalue weighted by Gasteiger charge is 2.23. The Morgan fingerprint density at radius 1 is 0.945 bits per heavy atom. The van der Waals surface area contributed by atoms with Crippen molar-refractivity contribution in [3.63, 3.8) is 0 Å². The standard InChI is InChI=1S/C36H30ClN7O4S2.C4H11N/c37-25-10-6-24(7-11-25)34-42-26(20-49-34)21-50-35-29(18-39)32(28(17-38)33(41)44-35)23-8-12-27(13-9-23)47-14-15-48-36(46)30(43-31(45)19-40)16-22-4-2-1-3-5-22;1-2-3-4-5/h1-13,20,30H,14-16,19,21,40H2,(H2,41,44)(H,43,45);2-5H2,1H3/t30-;/m0./s1. The van der Waals surface area contributed by atoms with Crippen molar-refractivity contribution in [3.05, 3.63) is 112 Å². The van der Waals surface area contributed by atoms with E-state index in [-0.39, 0.29) is 43.1 Å². The average Bonchev–Trinajstić information content (AvgIpc) is 3.68. The third-order valence-electron chi connectivity index (χ3n) is 7.80.